The fraction of sp³-hybridized carbons (Fsp3) is 0.280. The number of ether oxygens (including phenoxy) is 1. The van der Waals surface area contributed by atoms with E-state index in [1.807, 2.05) is 22.6 Å². The molecule has 1 aliphatic carbocycles. The summed E-state index contributed by atoms with van der Waals surface area (Å²) in [4.78, 5) is 26.7. The van der Waals surface area contributed by atoms with Gasteiger partial charge in [-0.15, -0.1) is 0 Å². The largest absolute Gasteiger partial charge is 0.456 e. The van der Waals surface area contributed by atoms with Crippen LogP contribution in [0.4, 0.5) is 21.6 Å². The van der Waals surface area contributed by atoms with Crippen LogP contribution < -0.4 is 30.4 Å². The van der Waals surface area contributed by atoms with Gasteiger partial charge in [0.15, 0.2) is 5.75 Å². The van der Waals surface area contributed by atoms with Gasteiger partial charge >= 0.3 is 0 Å². The molecule has 1 aromatic heterocycles. The Kier molecular flexibility index (Phi) is 7.99. The number of halogens is 2. The molecule has 3 aromatic rings. The highest BCUT2D eigenvalue weighted by Gasteiger charge is 2.31. The average molecular weight is 655 g/mol. The first kappa shape index (κ1) is 27.9. The molecule has 2 aromatic carbocycles. The number of nitrogens with zero attached hydrogens (tertiary/aromatic N) is 1. The first-order chi connectivity index (χ1) is 17.9. The molecular weight excluding hydrogens is 628 g/mol. The van der Waals surface area contributed by atoms with Crippen LogP contribution in [0, 0.1) is 23.2 Å². The lowest BCUT2D eigenvalue weighted by molar-refractivity contribution is 0.0948. The molecular formula is C25H27FIN5O5S. The highest BCUT2D eigenvalue weighted by molar-refractivity contribution is 14.1. The molecule has 1 saturated carbocycles. The van der Waals surface area contributed by atoms with E-state index in [2.05, 4.69) is 20.1 Å². The Morgan fingerprint density at radius 2 is 1.84 bits per heavy atom. The molecule has 0 unspecified atom stereocenters. The molecule has 0 saturated heterocycles. The van der Waals surface area contributed by atoms with Crippen molar-refractivity contribution in [3.63, 3.8) is 0 Å². The number of carbonyl (C=O) groups excluding carboxylic acids is 1. The number of hydrogen-bond acceptors (Lipinski definition) is 6. The highest BCUT2D eigenvalue weighted by atomic mass is 127. The number of carbonyl (C=O) groups is 1. The van der Waals surface area contributed by atoms with Crippen molar-refractivity contribution in [3.05, 3.63) is 72.8 Å². The molecule has 0 bridgehead atoms. The summed E-state index contributed by atoms with van der Waals surface area (Å²) in [6, 6.07) is 9.27. The van der Waals surface area contributed by atoms with Gasteiger partial charge in [-0.2, -0.15) is 8.42 Å². The van der Waals surface area contributed by atoms with Gasteiger partial charge in [-0.1, -0.05) is 6.07 Å². The molecule has 10 nitrogen and oxygen atoms in total. The van der Waals surface area contributed by atoms with Crippen molar-refractivity contribution in [2.24, 2.45) is 7.05 Å². The van der Waals surface area contributed by atoms with Crippen molar-refractivity contribution in [2.45, 2.75) is 32.7 Å². The average Bonchev–Trinajstić information content (AvgIpc) is 3.68. The Bertz CT molecular complexity index is 1590. The highest BCUT2D eigenvalue weighted by Crippen LogP contribution is 2.37. The molecule has 0 aliphatic heterocycles. The lowest BCUT2D eigenvalue weighted by atomic mass is 10.1. The zero-order chi connectivity index (χ0) is 27.8. The second-order valence-corrected chi connectivity index (χ2v) is 11.7. The zero-order valence-corrected chi connectivity index (χ0v) is 24.1. The van der Waals surface area contributed by atoms with Gasteiger partial charge in [-0.05, 0) is 79.6 Å². The van der Waals surface area contributed by atoms with Crippen LogP contribution in [0.1, 0.15) is 34.3 Å². The predicted octanol–water partition coefficient (Wildman–Crippen LogP) is 4.05. The summed E-state index contributed by atoms with van der Waals surface area (Å²) in [7, 11) is -1.04. The Balaban J connectivity index is 1.87. The maximum Gasteiger partial charge on any atom is 0.298 e. The summed E-state index contributed by atoms with van der Waals surface area (Å²) in [6.45, 7) is 3.17. The SMILES string of the molecule is CNS(=O)(=O)Nc1cccc(Oc2c(C(=O)NC3CC3)c(Nc3ccc(I)cc3F)n(C)c(=O)c2C)c1C. The third-order valence-corrected chi connectivity index (χ3v) is 7.80. The van der Waals surface area contributed by atoms with E-state index in [0.29, 0.717) is 9.13 Å². The zero-order valence-electron chi connectivity index (χ0n) is 21.1. The van der Waals surface area contributed by atoms with Crippen molar-refractivity contribution in [2.75, 3.05) is 17.1 Å². The predicted molar refractivity (Wildman–Crippen MR) is 152 cm³/mol. The lowest BCUT2D eigenvalue weighted by Gasteiger charge is -2.22. The minimum absolute atomic E-state index is 0.00297. The molecule has 1 heterocycles. The van der Waals surface area contributed by atoms with E-state index in [-0.39, 0.29) is 45.9 Å². The monoisotopic (exact) mass is 655 g/mol. The maximum absolute atomic E-state index is 14.8. The van der Waals surface area contributed by atoms with Crippen LogP contribution in [0.3, 0.4) is 0 Å². The first-order valence-electron chi connectivity index (χ1n) is 11.7. The van der Waals surface area contributed by atoms with Crippen molar-refractivity contribution >= 4 is 55.9 Å². The molecule has 202 valence electrons. The quantitative estimate of drug-likeness (QED) is 0.258. The Labute approximate surface area is 233 Å². The van der Waals surface area contributed by atoms with Gasteiger partial charge in [-0.25, -0.2) is 9.11 Å². The van der Waals surface area contributed by atoms with Gasteiger partial charge in [0.25, 0.3) is 21.7 Å². The number of hydrogen-bond donors (Lipinski definition) is 4. The second-order valence-electron chi connectivity index (χ2n) is 8.88. The van der Waals surface area contributed by atoms with Gasteiger partial charge in [0, 0.05) is 29.3 Å². The molecule has 0 radical (unpaired) electrons. The van der Waals surface area contributed by atoms with Crippen molar-refractivity contribution in [1.29, 1.82) is 0 Å². The van der Waals surface area contributed by atoms with Gasteiger partial charge in [0.1, 0.15) is 22.9 Å². The van der Waals surface area contributed by atoms with E-state index in [0.717, 1.165) is 12.8 Å². The molecule has 1 amide bonds. The number of rotatable bonds is 9. The molecule has 0 atom stereocenters. The number of pyridine rings is 1. The summed E-state index contributed by atoms with van der Waals surface area (Å²) in [5.41, 5.74) is 0.481. The number of aromatic nitrogens is 1. The molecule has 13 heteroatoms. The summed E-state index contributed by atoms with van der Waals surface area (Å²) >= 11 is 1.99. The molecule has 1 fully saturated rings. The van der Waals surface area contributed by atoms with Crippen LogP contribution in [-0.4, -0.2) is 32.0 Å². The van der Waals surface area contributed by atoms with E-state index < -0.39 is 27.5 Å². The minimum Gasteiger partial charge on any atom is -0.456 e. The van der Waals surface area contributed by atoms with Crippen LogP contribution >= 0.6 is 22.6 Å². The van der Waals surface area contributed by atoms with E-state index in [4.69, 9.17) is 4.74 Å². The maximum atomic E-state index is 14.8. The topological polar surface area (TPSA) is 131 Å². The molecule has 4 N–H and O–H groups in total. The summed E-state index contributed by atoms with van der Waals surface area (Å²) in [5.74, 6) is -0.778. The second kappa shape index (κ2) is 10.9. The number of nitrogens with one attached hydrogen (secondary N) is 4. The van der Waals surface area contributed by atoms with Gasteiger partial charge in [0.2, 0.25) is 0 Å². The summed E-state index contributed by atoms with van der Waals surface area (Å²) in [6.07, 6.45) is 1.65. The molecule has 0 spiro atoms. The van der Waals surface area contributed by atoms with E-state index in [1.54, 1.807) is 31.2 Å². The molecule has 1 aliphatic rings. The molecule has 4 rings (SSSR count). The van der Waals surface area contributed by atoms with Crippen molar-refractivity contribution in [1.82, 2.24) is 14.6 Å². The fourth-order valence-corrected chi connectivity index (χ4v) is 4.81. The van der Waals surface area contributed by atoms with E-state index in [9.17, 15) is 22.4 Å². The third-order valence-electron chi connectivity index (χ3n) is 6.10. The van der Waals surface area contributed by atoms with Crippen LogP contribution in [0.25, 0.3) is 0 Å². The number of amides is 1. The molecule has 38 heavy (non-hydrogen) atoms. The van der Waals surface area contributed by atoms with Gasteiger partial charge in [-0.3, -0.25) is 18.9 Å². The normalized spacial score (nSPS) is 13.2. The van der Waals surface area contributed by atoms with Crippen molar-refractivity contribution in [3.8, 4) is 11.5 Å². The Morgan fingerprint density at radius 1 is 1.13 bits per heavy atom. The van der Waals surface area contributed by atoms with Gasteiger partial charge < -0.3 is 15.4 Å². The van der Waals surface area contributed by atoms with Crippen molar-refractivity contribution < 1.29 is 22.3 Å². The van der Waals surface area contributed by atoms with Crippen LogP contribution in [0.2, 0.25) is 0 Å². The number of anilines is 3. The first-order valence-corrected chi connectivity index (χ1v) is 14.2. The van der Waals surface area contributed by atoms with E-state index in [1.165, 1.54) is 37.7 Å². The summed E-state index contributed by atoms with van der Waals surface area (Å²) < 4.78 is 51.5. The lowest BCUT2D eigenvalue weighted by Crippen LogP contribution is -2.31. The standard InChI is InChI=1S/C25H27FIN5O5S/c1-13-18(31-38(35,36)28-3)6-5-7-20(13)37-22-14(2)25(34)32(4)23(21(22)24(33)29-16-9-10-16)30-19-11-8-15(27)12-17(19)26/h5-8,11-12,16,28,30-31H,9-10H2,1-4H3,(H,29,33). The van der Waals surface area contributed by atoms with E-state index >= 15 is 0 Å². The van der Waals surface area contributed by atoms with Gasteiger partial charge in [0.05, 0.1) is 16.9 Å². The van der Waals surface area contributed by atoms with Crippen LogP contribution in [-0.2, 0) is 17.3 Å². The number of benzene rings is 2. The van der Waals surface area contributed by atoms with Crippen LogP contribution in [0.5, 0.6) is 11.5 Å². The smallest absolute Gasteiger partial charge is 0.298 e. The fourth-order valence-electron chi connectivity index (χ4n) is 3.74. The Hall–Kier alpha value is -3.17. The minimum atomic E-state index is -3.80. The van der Waals surface area contributed by atoms with Crippen LogP contribution in [0.15, 0.2) is 41.2 Å². The third kappa shape index (κ3) is 5.94. The summed E-state index contributed by atoms with van der Waals surface area (Å²) in [5, 5.41) is 5.83. The Morgan fingerprint density at radius 3 is 2.47 bits per heavy atom.